The Morgan fingerprint density at radius 1 is 1.00 bits per heavy atom. The van der Waals surface area contributed by atoms with E-state index in [4.69, 9.17) is 9.47 Å². The third-order valence-electron chi connectivity index (χ3n) is 3.42. The highest BCUT2D eigenvalue weighted by Gasteiger charge is 2.10. The van der Waals surface area contributed by atoms with Gasteiger partial charge in [-0.15, -0.1) is 0 Å². The lowest BCUT2D eigenvalue weighted by atomic mass is 10.1. The summed E-state index contributed by atoms with van der Waals surface area (Å²) in [6.45, 7) is 0. The number of hydrogen-bond donors (Lipinski definition) is 2. The molecule has 0 atom stereocenters. The van der Waals surface area contributed by atoms with Crippen molar-refractivity contribution < 1.29 is 14.3 Å². The number of nitrogens with one attached hydrogen (secondary N) is 2. The van der Waals surface area contributed by atoms with Gasteiger partial charge in [-0.1, -0.05) is 0 Å². The number of hydrogen-bond acceptors (Lipinski definition) is 3. The average molecular weight is 296 g/mol. The van der Waals surface area contributed by atoms with Crippen molar-refractivity contribution in [2.45, 2.75) is 0 Å². The van der Waals surface area contributed by atoms with Gasteiger partial charge in [-0.05, 0) is 36.4 Å². The number of ether oxygens (including phenoxy) is 2. The number of anilines is 1. The second kappa shape index (κ2) is 5.81. The molecule has 0 unspecified atom stereocenters. The van der Waals surface area contributed by atoms with E-state index in [1.165, 1.54) is 0 Å². The fourth-order valence-electron chi connectivity index (χ4n) is 2.27. The molecule has 2 N–H and O–H groups in total. The van der Waals surface area contributed by atoms with E-state index in [1.807, 2.05) is 30.5 Å². The number of H-pyrrole nitrogens is 1. The molecule has 112 valence electrons. The van der Waals surface area contributed by atoms with Gasteiger partial charge < -0.3 is 19.8 Å². The molecule has 0 aliphatic heterocycles. The van der Waals surface area contributed by atoms with Crippen LogP contribution in [-0.4, -0.2) is 25.1 Å². The highest BCUT2D eigenvalue weighted by Crippen LogP contribution is 2.24. The van der Waals surface area contributed by atoms with Gasteiger partial charge in [0.25, 0.3) is 5.91 Å². The Hall–Kier alpha value is -2.95. The number of carbonyl (C=O) groups excluding carboxylic acids is 1. The van der Waals surface area contributed by atoms with Crippen molar-refractivity contribution >= 4 is 22.5 Å². The van der Waals surface area contributed by atoms with Crippen LogP contribution in [0.25, 0.3) is 10.9 Å². The van der Waals surface area contributed by atoms with Crippen LogP contribution < -0.4 is 14.8 Å². The van der Waals surface area contributed by atoms with E-state index in [-0.39, 0.29) is 5.91 Å². The molecule has 0 aliphatic rings. The Labute approximate surface area is 127 Å². The first kappa shape index (κ1) is 14.0. The standard InChI is InChI=1S/C17H16N2O3/c1-21-14-8-12(9-15(10-14)22-2)17(20)19-13-3-4-16-11(7-13)5-6-18-16/h3-10,18H,1-2H3,(H,19,20). The maximum atomic E-state index is 12.4. The fourth-order valence-corrected chi connectivity index (χ4v) is 2.27. The van der Waals surface area contributed by atoms with Crippen LogP contribution in [0.3, 0.4) is 0 Å². The zero-order valence-corrected chi connectivity index (χ0v) is 12.3. The molecule has 3 rings (SSSR count). The molecule has 0 bridgehead atoms. The second-order valence-corrected chi connectivity index (χ2v) is 4.84. The minimum Gasteiger partial charge on any atom is -0.497 e. The molecule has 5 heteroatoms. The predicted molar refractivity (Wildman–Crippen MR) is 85.8 cm³/mol. The van der Waals surface area contributed by atoms with Crippen molar-refractivity contribution in [3.8, 4) is 11.5 Å². The molecule has 0 fully saturated rings. The Bertz CT molecular complexity index is 801. The van der Waals surface area contributed by atoms with Gasteiger partial charge in [0.05, 0.1) is 14.2 Å². The molecule has 2 aromatic carbocycles. The molecule has 0 saturated heterocycles. The zero-order valence-electron chi connectivity index (χ0n) is 12.3. The van der Waals surface area contributed by atoms with Crippen molar-refractivity contribution in [1.29, 1.82) is 0 Å². The van der Waals surface area contributed by atoms with Crippen molar-refractivity contribution in [3.63, 3.8) is 0 Å². The number of benzene rings is 2. The average Bonchev–Trinajstić information content (AvgIpc) is 3.01. The molecule has 0 radical (unpaired) electrons. The normalized spacial score (nSPS) is 10.5. The number of rotatable bonds is 4. The zero-order chi connectivity index (χ0) is 15.5. The smallest absolute Gasteiger partial charge is 0.255 e. The Morgan fingerprint density at radius 2 is 1.73 bits per heavy atom. The first-order valence-electron chi connectivity index (χ1n) is 6.81. The lowest BCUT2D eigenvalue weighted by Gasteiger charge is -2.09. The molecule has 0 spiro atoms. The van der Waals surface area contributed by atoms with Crippen LogP contribution in [0.4, 0.5) is 5.69 Å². The van der Waals surface area contributed by atoms with E-state index < -0.39 is 0 Å². The molecular formula is C17H16N2O3. The quantitative estimate of drug-likeness (QED) is 0.775. The largest absolute Gasteiger partial charge is 0.497 e. The maximum absolute atomic E-state index is 12.4. The van der Waals surface area contributed by atoms with Crippen molar-refractivity contribution in [1.82, 2.24) is 4.98 Å². The lowest BCUT2D eigenvalue weighted by molar-refractivity contribution is 0.102. The van der Waals surface area contributed by atoms with Crippen LogP contribution in [0.15, 0.2) is 48.7 Å². The Morgan fingerprint density at radius 3 is 2.41 bits per heavy atom. The topological polar surface area (TPSA) is 63.4 Å². The van der Waals surface area contributed by atoms with Crippen LogP contribution >= 0.6 is 0 Å². The third-order valence-corrected chi connectivity index (χ3v) is 3.42. The monoisotopic (exact) mass is 296 g/mol. The summed E-state index contributed by atoms with van der Waals surface area (Å²) in [5.74, 6) is 0.934. The minimum absolute atomic E-state index is 0.216. The first-order valence-corrected chi connectivity index (χ1v) is 6.81. The molecule has 1 amide bonds. The van der Waals surface area contributed by atoms with E-state index in [9.17, 15) is 4.79 Å². The molecule has 0 saturated carbocycles. The summed E-state index contributed by atoms with van der Waals surface area (Å²) in [5.41, 5.74) is 2.24. The van der Waals surface area contributed by atoms with Gasteiger partial charge in [0.15, 0.2) is 0 Å². The summed E-state index contributed by atoms with van der Waals surface area (Å²) in [4.78, 5) is 15.5. The summed E-state index contributed by atoms with van der Waals surface area (Å²) in [6.07, 6.45) is 1.86. The molecule has 22 heavy (non-hydrogen) atoms. The van der Waals surface area contributed by atoms with Crippen LogP contribution in [0, 0.1) is 0 Å². The number of carbonyl (C=O) groups is 1. The van der Waals surface area contributed by atoms with Crippen molar-refractivity contribution in [2.24, 2.45) is 0 Å². The summed E-state index contributed by atoms with van der Waals surface area (Å²) in [6, 6.07) is 12.7. The van der Waals surface area contributed by atoms with Crippen LogP contribution in [0.1, 0.15) is 10.4 Å². The van der Waals surface area contributed by atoms with Crippen molar-refractivity contribution in [3.05, 3.63) is 54.2 Å². The van der Waals surface area contributed by atoms with Gasteiger partial charge in [-0.2, -0.15) is 0 Å². The SMILES string of the molecule is COc1cc(OC)cc(C(=O)Nc2ccc3[nH]ccc3c2)c1. The van der Waals surface area contributed by atoms with E-state index in [1.54, 1.807) is 32.4 Å². The highest BCUT2D eigenvalue weighted by molar-refractivity contribution is 6.05. The number of aromatic nitrogens is 1. The molecule has 0 aliphatic carbocycles. The molecule has 1 aromatic heterocycles. The summed E-state index contributed by atoms with van der Waals surface area (Å²) in [7, 11) is 3.10. The van der Waals surface area contributed by atoms with Gasteiger partial charge in [0, 0.05) is 34.4 Å². The van der Waals surface area contributed by atoms with E-state index in [2.05, 4.69) is 10.3 Å². The predicted octanol–water partition coefficient (Wildman–Crippen LogP) is 3.44. The molecule has 1 heterocycles. The van der Waals surface area contributed by atoms with Gasteiger partial charge in [-0.3, -0.25) is 4.79 Å². The third kappa shape index (κ3) is 2.74. The number of methoxy groups -OCH3 is 2. The van der Waals surface area contributed by atoms with Crippen LogP contribution in [0.2, 0.25) is 0 Å². The Kier molecular flexibility index (Phi) is 3.70. The van der Waals surface area contributed by atoms with Crippen LogP contribution in [-0.2, 0) is 0 Å². The second-order valence-electron chi connectivity index (χ2n) is 4.84. The lowest BCUT2D eigenvalue weighted by Crippen LogP contribution is -2.12. The summed E-state index contributed by atoms with van der Waals surface area (Å²) >= 11 is 0. The van der Waals surface area contributed by atoms with Crippen LogP contribution in [0.5, 0.6) is 11.5 Å². The highest BCUT2D eigenvalue weighted by atomic mass is 16.5. The Balaban J connectivity index is 1.87. The van der Waals surface area contributed by atoms with Gasteiger partial charge in [0.1, 0.15) is 11.5 Å². The fraction of sp³-hybridized carbons (Fsp3) is 0.118. The number of aromatic amines is 1. The van der Waals surface area contributed by atoms with E-state index >= 15 is 0 Å². The van der Waals surface area contributed by atoms with E-state index in [0.29, 0.717) is 17.1 Å². The van der Waals surface area contributed by atoms with Gasteiger partial charge >= 0.3 is 0 Å². The molecular weight excluding hydrogens is 280 g/mol. The van der Waals surface area contributed by atoms with E-state index in [0.717, 1.165) is 16.6 Å². The minimum atomic E-state index is -0.216. The van der Waals surface area contributed by atoms with Crippen molar-refractivity contribution in [2.75, 3.05) is 19.5 Å². The number of fused-ring (bicyclic) bond motifs is 1. The molecule has 3 aromatic rings. The number of amides is 1. The first-order chi connectivity index (χ1) is 10.7. The summed E-state index contributed by atoms with van der Waals surface area (Å²) in [5, 5.41) is 3.92. The van der Waals surface area contributed by atoms with Gasteiger partial charge in [-0.25, -0.2) is 0 Å². The molecule has 5 nitrogen and oxygen atoms in total. The van der Waals surface area contributed by atoms with Gasteiger partial charge in [0.2, 0.25) is 0 Å². The maximum Gasteiger partial charge on any atom is 0.255 e. The summed E-state index contributed by atoms with van der Waals surface area (Å²) < 4.78 is 10.4.